The van der Waals surface area contributed by atoms with Crippen LogP contribution in [0.5, 0.6) is 0 Å². The van der Waals surface area contributed by atoms with E-state index < -0.39 is 11.8 Å². The van der Waals surface area contributed by atoms with Gasteiger partial charge in [-0.05, 0) is 44.8 Å². The molecule has 0 aliphatic carbocycles. The van der Waals surface area contributed by atoms with Crippen LogP contribution in [-0.4, -0.2) is 37.0 Å². The van der Waals surface area contributed by atoms with E-state index >= 15 is 0 Å². The highest BCUT2D eigenvalue weighted by Gasteiger charge is 2.23. The van der Waals surface area contributed by atoms with Gasteiger partial charge >= 0.3 is 6.03 Å². The maximum absolute atomic E-state index is 13.7. The number of benzene rings is 2. The van der Waals surface area contributed by atoms with Gasteiger partial charge in [0.15, 0.2) is 0 Å². The standard InChI is InChI=1S/C20H25FN4O2/c1-13(19(25(3)4)15-8-6-5-7-9-15)22-20(27)24-16-10-11-17(21)18(12-16)23-14(2)26/h5-13,19H,1-4H3,(H,23,26)(H2,22,24,27). The fourth-order valence-electron chi connectivity index (χ4n) is 3.03. The molecule has 0 radical (unpaired) electrons. The third-order valence-electron chi connectivity index (χ3n) is 4.06. The maximum Gasteiger partial charge on any atom is 0.319 e. The molecule has 2 rings (SSSR count). The molecule has 6 nitrogen and oxygen atoms in total. The molecule has 0 heterocycles. The van der Waals surface area contributed by atoms with Crippen molar-refractivity contribution in [3.05, 3.63) is 59.9 Å². The number of hydrogen-bond acceptors (Lipinski definition) is 3. The summed E-state index contributed by atoms with van der Waals surface area (Å²) in [6.07, 6.45) is 0. The first-order chi connectivity index (χ1) is 12.8. The van der Waals surface area contributed by atoms with Crippen molar-refractivity contribution in [2.24, 2.45) is 0 Å². The lowest BCUT2D eigenvalue weighted by Gasteiger charge is -2.31. The molecule has 3 amide bonds. The zero-order chi connectivity index (χ0) is 20.0. The molecule has 0 fully saturated rings. The molecule has 2 unspecified atom stereocenters. The Bertz CT molecular complexity index is 796. The van der Waals surface area contributed by atoms with Gasteiger partial charge in [-0.15, -0.1) is 0 Å². The second kappa shape index (κ2) is 9.14. The number of carbonyl (C=O) groups excluding carboxylic acids is 2. The van der Waals surface area contributed by atoms with Crippen LogP contribution in [0, 0.1) is 5.82 Å². The van der Waals surface area contributed by atoms with E-state index in [-0.39, 0.29) is 23.7 Å². The molecule has 0 aliphatic heterocycles. The zero-order valence-electron chi connectivity index (χ0n) is 15.9. The summed E-state index contributed by atoms with van der Waals surface area (Å²) >= 11 is 0. The zero-order valence-corrected chi connectivity index (χ0v) is 15.9. The second-order valence-corrected chi connectivity index (χ2v) is 6.58. The van der Waals surface area contributed by atoms with E-state index in [0.717, 1.165) is 5.56 Å². The van der Waals surface area contributed by atoms with Crippen LogP contribution in [0.2, 0.25) is 0 Å². The summed E-state index contributed by atoms with van der Waals surface area (Å²) in [4.78, 5) is 25.5. The minimum absolute atomic E-state index is 0.0138. The van der Waals surface area contributed by atoms with Crippen LogP contribution in [0.4, 0.5) is 20.6 Å². The van der Waals surface area contributed by atoms with Crippen LogP contribution in [0.25, 0.3) is 0 Å². The minimum atomic E-state index is -0.568. The molecule has 2 atom stereocenters. The Morgan fingerprint density at radius 2 is 1.70 bits per heavy atom. The first-order valence-corrected chi connectivity index (χ1v) is 8.64. The van der Waals surface area contributed by atoms with Crippen molar-refractivity contribution in [3.63, 3.8) is 0 Å². The summed E-state index contributed by atoms with van der Waals surface area (Å²) in [5, 5.41) is 7.97. The normalized spacial score (nSPS) is 13.0. The highest BCUT2D eigenvalue weighted by Crippen LogP contribution is 2.23. The van der Waals surface area contributed by atoms with Gasteiger partial charge < -0.3 is 20.9 Å². The fourth-order valence-corrected chi connectivity index (χ4v) is 3.03. The van der Waals surface area contributed by atoms with Crippen LogP contribution in [0.15, 0.2) is 48.5 Å². The Balaban J connectivity index is 2.07. The van der Waals surface area contributed by atoms with Crippen molar-refractivity contribution < 1.29 is 14.0 Å². The molecule has 0 aromatic heterocycles. The van der Waals surface area contributed by atoms with Crippen molar-refractivity contribution in [3.8, 4) is 0 Å². The summed E-state index contributed by atoms with van der Waals surface area (Å²) in [6.45, 7) is 3.21. The Hall–Kier alpha value is -2.93. The van der Waals surface area contributed by atoms with Crippen LogP contribution >= 0.6 is 0 Å². The van der Waals surface area contributed by atoms with Gasteiger partial charge in [-0.3, -0.25) is 4.79 Å². The lowest BCUT2D eigenvalue weighted by Crippen LogP contribution is -2.44. The van der Waals surface area contributed by atoms with Gasteiger partial charge in [0.1, 0.15) is 5.82 Å². The smallest absolute Gasteiger partial charge is 0.319 e. The van der Waals surface area contributed by atoms with Gasteiger partial charge in [0, 0.05) is 18.7 Å². The molecule has 144 valence electrons. The van der Waals surface area contributed by atoms with Crippen LogP contribution in [0.3, 0.4) is 0 Å². The molecule has 0 saturated carbocycles. The minimum Gasteiger partial charge on any atom is -0.333 e. The molecule has 0 saturated heterocycles. The van der Waals surface area contributed by atoms with E-state index in [9.17, 15) is 14.0 Å². The number of halogens is 1. The monoisotopic (exact) mass is 372 g/mol. The molecule has 2 aromatic rings. The van der Waals surface area contributed by atoms with E-state index in [0.29, 0.717) is 5.69 Å². The number of urea groups is 1. The predicted molar refractivity (Wildman–Crippen MR) is 105 cm³/mol. The van der Waals surface area contributed by atoms with Gasteiger partial charge in [-0.1, -0.05) is 30.3 Å². The van der Waals surface area contributed by atoms with Crippen LogP contribution in [-0.2, 0) is 4.79 Å². The SMILES string of the molecule is CC(=O)Nc1cc(NC(=O)NC(C)C(c2ccccc2)N(C)C)ccc1F. The third kappa shape index (κ3) is 5.79. The van der Waals surface area contributed by atoms with Gasteiger partial charge in [0.25, 0.3) is 0 Å². The number of nitrogens with one attached hydrogen (secondary N) is 3. The number of rotatable bonds is 6. The Labute approximate surface area is 158 Å². The quantitative estimate of drug-likeness (QED) is 0.725. The molecular weight excluding hydrogens is 347 g/mol. The second-order valence-electron chi connectivity index (χ2n) is 6.58. The topological polar surface area (TPSA) is 73.5 Å². The highest BCUT2D eigenvalue weighted by molar-refractivity contribution is 5.92. The van der Waals surface area contributed by atoms with E-state index in [1.165, 1.54) is 25.1 Å². The van der Waals surface area contributed by atoms with Crippen molar-refractivity contribution in [1.29, 1.82) is 0 Å². The largest absolute Gasteiger partial charge is 0.333 e. The molecule has 0 bridgehead atoms. The lowest BCUT2D eigenvalue weighted by molar-refractivity contribution is -0.114. The van der Waals surface area contributed by atoms with Crippen molar-refractivity contribution in [2.75, 3.05) is 24.7 Å². The Kier molecular flexibility index (Phi) is 6.90. The van der Waals surface area contributed by atoms with Gasteiger partial charge in [-0.2, -0.15) is 0 Å². The first-order valence-electron chi connectivity index (χ1n) is 8.64. The molecular formula is C20H25FN4O2. The summed E-state index contributed by atoms with van der Waals surface area (Å²) in [7, 11) is 3.90. The molecule has 2 aromatic carbocycles. The molecule has 27 heavy (non-hydrogen) atoms. The number of amides is 3. The number of likely N-dealkylation sites (N-methyl/N-ethyl adjacent to an activating group) is 1. The molecule has 0 aliphatic rings. The van der Waals surface area contributed by atoms with Crippen LogP contribution < -0.4 is 16.0 Å². The average molecular weight is 372 g/mol. The fraction of sp³-hybridized carbons (Fsp3) is 0.300. The van der Waals surface area contributed by atoms with E-state index in [1.54, 1.807) is 0 Å². The number of hydrogen-bond donors (Lipinski definition) is 3. The van der Waals surface area contributed by atoms with Gasteiger partial charge in [0.2, 0.25) is 5.91 Å². The summed E-state index contributed by atoms with van der Waals surface area (Å²) in [5.41, 5.74) is 1.49. The van der Waals surface area contributed by atoms with E-state index in [2.05, 4.69) is 16.0 Å². The van der Waals surface area contributed by atoms with Gasteiger partial charge in [0.05, 0.1) is 11.7 Å². The third-order valence-corrected chi connectivity index (χ3v) is 4.06. The van der Waals surface area contributed by atoms with E-state index in [4.69, 9.17) is 0 Å². The van der Waals surface area contributed by atoms with Gasteiger partial charge in [-0.25, -0.2) is 9.18 Å². The highest BCUT2D eigenvalue weighted by atomic mass is 19.1. The van der Waals surface area contributed by atoms with Crippen molar-refractivity contribution >= 4 is 23.3 Å². The Morgan fingerprint density at radius 3 is 2.30 bits per heavy atom. The summed E-state index contributed by atoms with van der Waals surface area (Å²) < 4.78 is 13.7. The summed E-state index contributed by atoms with van der Waals surface area (Å²) in [5.74, 6) is -0.956. The first kappa shape index (κ1) is 20.4. The number of anilines is 2. The van der Waals surface area contributed by atoms with Crippen LogP contribution in [0.1, 0.15) is 25.5 Å². The molecule has 0 spiro atoms. The maximum atomic E-state index is 13.7. The number of carbonyl (C=O) groups is 2. The lowest BCUT2D eigenvalue weighted by atomic mass is 9.99. The number of nitrogens with zero attached hydrogens (tertiary/aromatic N) is 1. The average Bonchev–Trinajstić information content (AvgIpc) is 2.58. The Morgan fingerprint density at radius 1 is 1.04 bits per heavy atom. The molecule has 7 heteroatoms. The summed E-state index contributed by atoms with van der Waals surface area (Å²) in [6, 6.07) is 13.3. The van der Waals surface area contributed by atoms with E-state index in [1.807, 2.05) is 56.3 Å². The van der Waals surface area contributed by atoms with Crippen molar-refractivity contribution in [1.82, 2.24) is 10.2 Å². The molecule has 3 N–H and O–H groups in total. The predicted octanol–water partition coefficient (Wildman–Crippen LogP) is 3.60. The van der Waals surface area contributed by atoms with Crippen molar-refractivity contribution in [2.45, 2.75) is 25.9 Å².